The van der Waals surface area contributed by atoms with Crippen molar-refractivity contribution in [3.05, 3.63) is 203 Å². The topological polar surface area (TPSA) is 9.86 Å². The highest BCUT2D eigenvalue weighted by Crippen LogP contribution is 2.52. The van der Waals surface area contributed by atoms with Crippen molar-refractivity contribution in [3.8, 4) is 33.6 Å². The summed E-state index contributed by atoms with van der Waals surface area (Å²) in [4.78, 5) is 0. The molecule has 12 rings (SSSR count). The summed E-state index contributed by atoms with van der Waals surface area (Å²) >= 11 is 3.68. The number of rotatable bonds is 2. The standard InChI is InChI=1S/C27H20BrN.C27H21N/c1-27(2)23-11-7-6-10-19(23)20-15-22-21-14-17(28)12-13-25(21)29(26(22)16-24(20)27)18-8-4-3-5-9-18;1-27(2)23-14-8-6-12-19(23)21-16-22-20-13-7-9-15-25(20)28(26(22)17-24(21)27)18-10-4-3-5-11-18/h3-16H,1-2H3;3-17H,1-2H3. The van der Waals surface area contributed by atoms with Crippen LogP contribution in [0, 0.1) is 0 Å². The SMILES string of the molecule is CC1(C)c2ccccc2-c2cc3c4cc(Br)ccc4n(-c4ccccc4)c3cc21.CC1(C)c2ccccc2-c2cc3c4ccccc4n(-c4ccccc4)c3cc21. The highest BCUT2D eigenvalue weighted by atomic mass is 79.9. The van der Waals surface area contributed by atoms with Gasteiger partial charge in [-0.3, -0.25) is 0 Å². The fraction of sp³-hybridized carbons (Fsp3) is 0.111. The first kappa shape index (κ1) is 34.1. The molecule has 0 spiro atoms. The lowest BCUT2D eigenvalue weighted by Gasteiger charge is -2.21. The van der Waals surface area contributed by atoms with Gasteiger partial charge in [0.15, 0.2) is 0 Å². The van der Waals surface area contributed by atoms with E-state index in [0.717, 1.165) is 4.47 Å². The number of hydrogen-bond donors (Lipinski definition) is 0. The van der Waals surface area contributed by atoms with Crippen LogP contribution in [0.5, 0.6) is 0 Å². The molecule has 2 aliphatic rings. The number of fused-ring (bicyclic) bond motifs is 12. The molecular weight excluding hydrogens is 757 g/mol. The van der Waals surface area contributed by atoms with E-state index in [1.165, 1.54) is 99.5 Å². The molecule has 2 aliphatic carbocycles. The molecule has 274 valence electrons. The lowest BCUT2D eigenvalue weighted by molar-refractivity contribution is 0.661. The summed E-state index contributed by atoms with van der Waals surface area (Å²) in [6.07, 6.45) is 0. The Morgan fingerprint density at radius 2 is 0.754 bits per heavy atom. The number of hydrogen-bond acceptors (Lipinski definition) is 0. The summed E-state index contributed by atoms with van der Waals surface area (Å²) in [5.41, 5.74) is 18.6. The van der Waals surface area contributed by atoms with Crippen molar-refractivity contribution in [2.75, 3.05) is 0 Å². The predicted octanol–water partition coefficient (Wildman–Crippen LogP) is 14.9. The maximum absolute atomic E-state index is 3.68. The van der Waals surface area contributed by atoms with Gasteiger partial charge in [0.25, 0.3) is 0 Å². The number of para-hydroxylation sites is 3. The molecule has 10 aromatic rings. The molecule has 0 saturated heterocycles. The summed E-state index contributed by atoms with van der Waals surface area (Å²) in [7, 11) is 0. The van der Waals surface area contributed by atoms with Gasteiger partial charge in [0.1, 0.15) is 0 Å². The smallest absolute Gasteiger partial charge is 0.0544 e. The Kier molecular flexibility index (Phi) is 7.43. The van der Waals surface area contributed by atoms with Crippen LogP contribution < -0.4 is 0 Å². The molecule has 0 aliphatic heterocycles. The van der Waals surface area contributed by atoms with Crippen molar-refractivity contribution in [1.29, 1.82) is 0 Å². The zero-order valence-electron chi connectivity index (χ0n) is 32.5. The highest BCUT2D eigenvalue weighted by molar-refractivity contribution is 9.10. The van der Waals surface area contributed by atoms with Gasteiger partial charge in [0.2, 0.25) is 0 Å². The minimum atomic E-state index is -0.00132. The molecule has 57 heavy (non-hydrogen) atoms. The van der Waals surface area contributed by atoms with Crippen molar-refractivity contribution in [2.45, 2.75) is 38.5 Å². The molecule has 0 amide bonds. The van der Waals surface area contributed by atoms with E-state index in [1.807, 2.05) is 0 Å². The Morgan fingerprint density at radius 1 is 0.333 bits per heavy atom. The molecule has 3 heteroatoms. The maximum atomic E-state index is 3.68. The highest BCUT2D eigenvalue weighted by Gasteiger charge is 2.37. The zero-order chi connectivity index (χ0) is 38.6. The van der Waals surface area contributed by atoms with E-state index >= 15 is 0 Å². The summed E-state index contributed by atoms with van der Waals surface area (Å²) in [6, 6.07) is 64.1. The number of benzene rings is 8. The molecule has 0 fully saturated rings. The molecule has 0 saturated carbocycles. The van der Waals surface area contributed by atoms with Gasteiger partial charge in [-0.2, -0.15) is 0 Å². The van der Waals surface area contributed by atoms with Gasteiger partial charge in [-0.05, 0) is 117 Å². The van der Waals surface area contributed by atoms with E-state index < -0.39 is 0 Å². The summed E-state index contributed by atoms with van der Waals surface area (Å²) in [5, 5.41) is 5.22. The Hall–Kier alpha value is -6.16. The van der Waals surface area contributed by atoms with Crippen LogP contribution in [0.15, 0.2) is 180 Å². The molecular formula is C54H41BrN2. The third-order valence-corrected chi connectivity index (χ3v) is 13.3. The minimum Gasteiger partial charge on any atom is -0.309 e. The van der Waals surface area contributed by atoms with Gasteiger partial charge < -0.3 is 9.13 Å². The first-order chi connectivity index (χ1) is 27.7. The molecule has 2 nitrogen and oxygen atoms in total. The Morgan fingerprint density at radius 3 is 1.30 bits per heavy atom. The van der Waals surface area contributed by atoms with Crippen molar-refractivity contribution in [3.63, 3.8) is 0 Å². The molecule has 2 heterocycles. The molecule has 0 bridgehead atoms. The second-order valence-electron chi connectivity index (χ2n) is 16.7. The molecule has 0 atom stereocenters. The second-order valence-corrected chi connectivity index (χ2v) is 17.6. The van der Waals surface area contributed by atoms with Crippen LogP contribution in [-0.2, 0) is 10.8 Å². The van der Waals surface area contributed by atoms with Crippen LogP contribution in [0.25, 0.3) is 77.2 Å². The average molecular weight is 798 g/mol. The molecule has 0 N–H and O–H groups in total. The third kappa shape index (κ3) is 4.95. The van der Waals surface area contributed by atoms with Crippen molar-refractivity contribution < 1.29 is 0 Å². The van der Waals surface area contributed by atoms with Crippen LogP contribution in [0.2, 0.25) is 0 Å². The lowest BCUT2D eigenvalue weighted by Crippen LogP contribution is -2.14. The van der Waals surface area contributed by atoms with E-state index in [2.05, 4.69) is 229 Å². The normalized spacial score (nSPS) is 14.3. The molecule has 0 unspecified atom stereocenters. The first-order valence-corrected chi connectivity index (χ1v) is 20.7. The number of aromatic nitrogens is 2. The molecule has 8 aromatic carbocycles. The van der Waals surface area contributed by atoms with Crippen LogP contribution in [-0.4, -0.2) is 9.13 Å². The Labute approximate surface area is 341 Å². The van der Waals surface area contributed by atoms with Crippen LogP contribution in [0.4, 0.5) is 0 Å². The maximum Gasteiger partial charge on any atom is 0.0544 e. The minimum absolute atomic E-state index is 0.00132. The van der Waals surface area contributed by atoms with Gasteiger partial charge in [-0.1, -0.05) is 147 Å². The largest absolute Gasteiger partial charge is 0.309 e. The van der Waals surface area contributed by atoms with Gasteiger partial charge >= 0.3 is 0 Å². The fourth-order valence-corrected chi connectivity index (χ4v) is 10.4. The lowest BCUT2D eigenvalue weighted by atomic mass is 9.82. The van der Waals surface area contributed by atoms with E-state index in [4.69, 9.17) is 0 Å². The van der Waals surface area contributed by atoms with Gasteiger partial charge in [-0.15, -0.1) is 0 Å². The molecule has 0 radical (unpaired) electrons. The zero-order valence-corrected chi connectivity index (χ0v) is 34.1. The first-order valence-electron chi connectivity index (χ1n) is 19.9. The fourth-order valence-electron chi connectivity index (χ4n) is 10.1. The van der Waals surface area contributed by atoms with Crippen LogP contribution in [0.1, 0.15) is 49.9 Å². The number of nitrogens with zero attached hydrogens (tertiary/aromatic N) is 2. The third-order valence-electron chi connectivity index (χ3n) is 12.8. The Bertz CT molecular complexity index is 3230. The van der Waals surface area contributed by atoms with E-state index in [-0.39, 0.29) is 10.8 Å². The quantitative estimate of drug-likeness (QED) is 0.165. The van der Waals surface area contributed by atoms with Crippen LogP contribution in [0.3, 0.4) is 0 Å². The van der Waals surface area contributed by atoms with Crippen molar-refractivity contribution >= 4 is 59.5 Å². The van der Waals surface area contributed by atoms with E-state index in [9.17, 15) is 0 Å². The van der Waals surface area contributed by atoms with Gasteiger partial charge in [-0.25, -0.2) is 0 Å². The summed E-state index contributed by atoms with van der Waals surface area (Å²) < 4.78 is 5.92. The van der Waals surface area contributed by atoms with Gasteiger partial charge in [0.05, 0.1) is 22.1 Å². The van der Waals surface area contributed by atoms with E-state index in [0.29, 0.717) is 0 Å². The Balaban J connectivity index is 0.000000131. The van der Waals surface area contributed by atoms with Crippen LogP contribution >= 0.6 is 15.9 Å². The van der Waals surface area contributed by atoms with Crippen molar-refractivity contribution in [2.24, 2.45) is 0 Å². The predicted molar refractivity (Wildman–Crippen MR) is 244 cm³/mol. The second kappa shape index (κ2) is 12.4. The number of halogens is 1. The monoisotopic (exact) mass is 796 g/mol. The van der Waals surface area contributed by atoms with E-state index in [1.54, 1.807) is 0 Å². The summed E-state index contributed by atoms with van der Waals surface area (Å²) in [5.74, 6) is 0. The summed E-state index contributed by atoms with van der Waals surface area (Å²) in [6.45, 7) is 9.38. The average Bonchev–Trinajstić information content (AvgIpc) is 3.89. The van der Waals surface area contributed by atoms with Gasteiger partial charge in [0, 0.05) is 48.2 Å². The molecule has 2 aromatic heterocycles. The van der Waals surface area contributed by atoms with Crippen molar-refractivity contribution in [1.82, 2.24) is 9.13 Å².